The van der Waals surface area contributed by atoms with Crippen LogP contribution in [0.5, 0.6) is 0 Å². The molecular formula is C14H18BrNO2. The number of carbonyl (C=O) groups excluding carboxylic acids is 1. The van der Waals surface area contributed by atoms with Crippen LogP contribution >= 0.6 is 15.9 Å². The lowest BCUT2D eigenvalue weighted by Gasteiger charge is -2.33. The molecule has 4 heteroatoms. The molecule has 1 aliphatic rings. The van der Waals surface area contributed by atoms with Gasteiger partial charge in [0.1, 0.15) is 0 Å². The number of amides is 1. The van der Waals surface area contributed by atoms with E-state index in [1.165, 1.54) is 0 Å². The van der Waals surface area contributed by atoms with E-state index in [9.17, 15) is 9.90 Å². The third kappa shape index (κ3) is 2.59. The van der Waals surface area contributed by atoms with Gasteiger partial charge < -0.3 is 10.0 Å². The predicted octanol–water partition coefficient (Wildman–Crippen LogP) is 2.49. The van der Waals surface area contributed by atoms with Crippen LogP contribution in [0.25, 0.3) is 0 Å². The molecule has 0 bridgehead atoms. The minimum absolute atomic E-state index is 0.141. The molecule has 0 aromatic heterocycles. The maximum absolute atomic E-state index is 11.9. The molecule has 3 nitrogen and oxygen atoms in total. The van der Waals surface area contributed by atoms with E-state index in [1.807, 2.05) is 42.2 Å². The van der Waals surface area contributed by atoms with Crippen molar-refractivity contribution in [1.29, 1.82) is 0 Å². The molecule has 1 heterocycles. The van der Waals surface area contributed by atoms with Crippen LogP contribution in [-0.2, 0) is 4.79 Å². The number of alkyl halides is 1. The Labute approximate surface area is 116 Å². The highest BCUT2D eigenvalue weighted by molar-refractivity contribution is 9.09. The molecule has 0 aliphatic carbocycles. The first-order valence-corrected chi connectivity index (χ1v) is 7.37. The molecule has 1 aliphatic heterocycles. The third-order valence-electron chi connectivity index (χ3n) is 3.59. The highest BCUT2D eigenvalue weighted by Crippen LogP contribution is 2.29. The Bertz CT molecular complexity index is 410. The summed E-state index contributed by atoms with van der Waals surface area (Å²) in [5, 5.41) is 11.1. The second kappa shape index (κ2) is 5.85. The fourth-order valence-corrected chi connectivity index (χ4v) is 3.19. The average Bonchev–Trinajstić information content (AvgIpc) is 2.79. The van der Waals surface area contributed by atoms with E-state index >= 15 is 0 Å². The van der Waals surface area contributed by atoms with Crippen LogP contribution in [-0.4, -0.2) is 33.3 Å². The molecule has 1 aromatic rings. The molecule has 0 spiro atoms. The molecule has 1 aromatic carbocycles. The summed E-state index contributed by atoms with van der Waals surface area (Å²) in [5.74, 6) is 0.141. The normalized spacial score (nSPS) is 23.2. The predicted molar refractivity (Wildman–Crippen MR) is 74.5 cm³/mol. The fourth-order valence-electron chi connectivity index (χ4n) is 2.55. The minimum Gasteiger partial charge on any atom is -0.386 e. The van der Waals surface area contributed by atoms with E-state index in [2.05, 4.69) is 15.9 Å². The highest BCUT2D eigenvalue weighted by atomic mass is 79.9. The summed E-state index contributed by atoms with van der Waals surface area (Å²) in [6.07, 6.45) is 0.827. The van der Waals surface area contributed by atoms with E-state index < -0.39 is 6.10 Å². The number of aliphatic hydroxyl groups is 1. The van der Waals surface area contributed by atoms with Crippen LogP contribution in [0.4, 0.5) is 0 Å². The number of hydrogen-bond donors (Lipinski definition) is 1. The van der Waals surface area contributed by atoms with Crippen molar-refractivity contribution in [2.24, 2.45) is 0 Å². The molecule has 0 saturated carbocycles. The molecule has 3 atom stereocenters. The maximum Gasteiger partial charge on any atom is 0.223 e. The molecule has 1 fully saturated rings. The number of aliphatic hydroxyl groups excluding tert-OH is 1. The second-order valence-electron chi connectivity index (χ2n) is 4.74. The number of likely N-dealkylation sites (tertiary alicyclic amines) is 1. The van der Waals surface area contributed by atoms with E-state index in [1.54, 1.807) is 0 Å². The summed E-state index contributed by atoms with van der Waals surface area (Å²) in [5.41, 5.74) is 0.859. The van der Waals surface area contributed by atoms with Crippen molar-refractivity contribution >= 4 is 21.8 Å². The van der Waals surface area contributed by atoms with Crippen molar-refractivity contribution in [2.45, 2.75) is 38.0 Å². The Hall–Kier alpha value is -0.870. The van der Waals surface area contributed by atoms with Crippen LogP contribution < -0.4 is 0 Å². The summed E-state index contributed by atoms with van der Waals surface area (Å²) in [7, 11) is 0. The zero-order valence-electron chi connectivity index (χ0n) is 10.4. The zero-order chi connectivity index (χ0) is 13.1. The largest absolute Gasteiger partial charge is 0.386 e. The minimum atomic E-state index is -0.630. The lowest BCUT2D eigenvalue weighted by Crippen LogP contribution is -2.44. The third-order valence-corrected chi connectivity index (χ3v) is 4.34. The van der Waals surface area contributed by atoms with Crippen molar-refractivity contribution < 1.29 is 9.90 Å². The number of benzene rings is 1. The number of hydrogen-bond acceptors (Lipinski definition) is 2. The van der Waals surface area contributed by atoms with Gasteiger partial charge in [0.15, 0.2) is 0 Å². The van der Waals surface area contributed by atoms with Crippen LogP contribution in [0, 0.1) is 0 Å². The van der Waals surface area contributed by atoms with Crippen molar-refractivity contribution in [1.82, 2.24) is 4.90 Å². The molecule has 18 heavy (non-hydrogen) atoms. The maximum atomic E-state index is 11.9. The number of rotatable bonds is 4. The first-order chi connectivity index (χ1) is 8.65. The summed E-state index contributed by atoms with van der Waals surface area (Å²) in [6.45, 7) is 1.91. The molecule has 0 unspecified atom stereocenters. The summed E-state index contributed by atoms with van der Waals surface area (Å²) in [6, 6.07) is 9.52. The number of carbonyl (C=O) groups is 1. The van der Waals surface area contributed by atoms with E-state index in [4.69, 9.17) is 0 Å². The van der Waals surface area contributed by atoms with Crippen LogP contribution in [0.3, 0.4) is 0 Å². The van der Waals surface area contributed by atoms with Gasteiger partial charge >= 0.3 is 0 Å². The van der Waals surface area contributed by atoms with Gasteiger partial charge in [-0.05, 0) is 18.9 Å². The van der Waals surface area contributed by atoms with E-state index in [-0.39, 0.29) is 18.0 Å². The smallest absolute Gasteiger partial charge is 0.223 e. The van der Waals surface area contributed by atoms with Crippen LogP contribution in [0.1, 0.15) is 31.4 Å². The summed E-state index contributed by atoms with van der Waals surface area (Å²) >= 11 is 3.44. The second-order valence-corrected chi connectivity index (χ2v) is 5.39. The monoisotopic (exact) mass is 311 g/mol. The Morgan fingerprint density at radius 1 is 1.44 bits per heavy atom. The Kier molecular flexibility index (Phi) is 4.40. The van der Waals surface area contributed by atoms with Gasteiger partial charge in [-0.25, -0.2) is 0 Å². The van der Waals surface area contributed by atoms with Gasteiger partial charge in [0, 0.05) is 17.8 Å². The number of halogens is 1. The van der Waals surface area contributed by atoms with Gasteiger partial charge in [-0.15, -0.1) is 0 Å². The molecule has 1 saturated heterocycles. The Balaban J connectivity index is 2.15. The van der Waals surface area contributed by atoms with Crippen molar-refractivity contribution in [3.05, 3.63) is 35.9 Å². The highest BCUT2D eigenvalue weighted by Gasteiger charge is 2.36. The van der Waals surface area contributed by atoms with Crippen molar-refractivity contribution in [2.75, 3.05) is 5.33 Å². The lowest BCUT2D eigenvalue weighted by atomic mass is 10.0. The molecule has 0 radical (unpaired) electrons. The molecule has 1 N–H and O–H groups in total. The van der Waals surface area contributed by atoms with Gasteiger partial charge in [0.05, 0.1) is 12.1 Å². The van der Waals surface area contributed by atoms with Gasteiger partial charge in [-0.1, -0.05) is 46.3 Å². The average molecular weight is 312 g/mol. The molecular weight excluding hydrogens is 294 g/mol. The van der Waals surface area contributed by atoms with E-state index in [0.717, 1.165) is 17.3 Å². The molecule has 2 rings (SSSR count). The van der Waals surface area contributed by atoms with Gasteiger partial charge in [0.25, 0.3) is 0 Å². The van der Waals surface area contributed by atoms with Crippen LogP contribution in [0.2, 0.25) is 0 Å². The van der Waals surface area contributed by atoms with Crippen molar-refractivity contribution in [3.8, 4) is 0 Å². The summed E-state index contributed by atoms with van der Waals surface area (Å²) in [4.78, 5) is 13.7. The lowest BCUT2D eigenvalue weighted by molar-refractivity contribution is -0.133. The molecule has 98 valence electrons. The molecule has 1 amide bonds. The standard InChI is InChI=1S/C14H18BrNO2/c1-10(14(18)11-5-3-2-4-6-11)16-12(9-15)7-8-13(16)17/h2-6,10,12,14,18H,7-9H2,1H3/t10-,12+,14-/m0/s1. The quantitative estimate of drug-likeness (QED) is 0.868. The topological polar surface area (TPSA) is 40.5 Å². The zero-order valence-corrected chi connectivity index (χ0v) is 12.0. The van der Waals surface area contributed by atoms with Crippen molar-refractivity contribution in [3.63, 3.8) is 0 Å². The van der Waals surface area contributed by atoms with Gasteiger partial charge in [0.2, 0.25) is 5.91 Å². The van der Waals surface area contributed by atoms with Gasteiger partial charge in [-0.3, -0.25) is 4.79 Å². The fraction of sp³-hybridized carbons (Fsp3) is 0.500. The first-order valence-electron chi connectivity index (χ1n) is 6.25. The Morgan fingerprint density at radius 3 is 2.72 bits per heavy atom. The summed E-state index contributed by atoms with van der Waals surface area (Å²) < 4.78 is 0. The number of nitrogens with zero attached hydrogens (tertiary/aromatic N) is 1. The first kappa shape index (κ1) is 13.6. The SMILES string of the molecule is C[C@@H]([C@H](O)c1ccccc1)N1C(=O)CC[C@@H]1CBr. The van der Waals surface area contributed by atoms with Crippen LogP contribution in [0.15, 0.2) is 30.3 Å². The van der Waals surface area contributed by atoms with E-state index in [0.29, 0.717) is 6.42 Å². The van der Waals surface area contributed by atoms with Gasteiger partial charge in [-0.2, -0.15) is 0 Å². The Morgan fingerprint density at radius 2 is 2.11 bits per heavy atom.